The number of rotatable bonds is 4. The van der Waals surface area contributed by atoms with Crippen LogP contribution in [0.4, 0.5) is 0 Å². The van der Waals surface area contributed by atoms with Gasteiger partial charge in [0.2, 0.25) is 5.91 Å². The molecule has 0 saturated carbocycles. The molecular formula is C9H19N3O. The molecular weight excluding hydrogens is 166 g/mol. The summed E-state index contributed by atoms with van der Waals surface area (Å²) in [5, 5.41) is 2.80. The molecule has 3 N–H and O–H groups in total. The van der Waals surface area contributed by atoms with Crippen LogP contribution >= 0.6 is 0 Å². The number of carbonyl (C=O) groups excluding carboxylic acids is 1. The second-order valence-electron chi connectivity index (χ2n) is 3.60. The Hall–Kier alpha value is -0.610. The van der Waals surface area contributed by atoms with Crippen LogP contribution in [0.3, 0.4) is 0 Å². The number of hydrogen-bond acceptors (Lipinski definition) is 3. The highest BCUT2D eigenvalue weighted by molar-refractivity contribution is 5.77. The molecule has 1 atom stereocenters. The maximum absolute atomic E-state index is 10.9. The summed E-state index contributed by atoms with van der Waals surface area (Å²) in [5.41, 5.74) is 5.19. The first-order valence-corrected chi connectivity index (χ1v) is 4.95. The summed E-state index contributed by atoms with van der Waals surface area (Å²) in [5.74, 6) is -0.0638. The van der Waals surface area contributed by atoms with Gasteiger partial charge in [0.25, 0.3) is 0 Å². The fourth-order valence-corrected chi connectivity index (χ4v) is 1.65. The number of likely N-dealkylation sites (tertiary alicyclic amines) is 1. The van der Waals surface area contributed by atoms with Crippen LogP contribution in [0, 0.1) is 0 Å². The van der Waals surface area contributed by atoms with Crippen molar-refractivity contribution in [2.45, 2.75) is 25.8 Å². The van der Waals surface area contributed by atoms with E-state index in [0.29, 0.717) is 6.04 Å². The molecule has 1 aliphatic heterocycles. The zero-order chi connectivity index (χ0) is 9.68. The summed E-state index contributed by atoms with van der Waals surface area (Å²) in [6.07, 6.45) is 2.57. The van der Waals surface area contributed by atoms with Crippen molar-refractivity contribution in [1.29, 1.82) is 0 Å². The third kappa shape index (κ3) is 3.32. The Balaban J connectivity index is 2.16. The van der Waals surface area contributed by atoms with E-state index in [4.69, 9.17) is 5.73 Å². The summed E-state index contributed by atoms with van der Waals surface area (Å²) in [6, 6.07) is 0.443. The van der Waals surface area contributed by atoms with Crippen molar-refractivity contribution in [3.63, 3.8) is 0 Å². The molecule has 0 radical (unpaired) electrons. The van der Waals surface area contributed by atoms with Gasteiger partial charge in [-0.15, -0.1) is 0 Å². The van der Waals surface area contributed by atoms with Crippen LogP contribution in [0.15, 0.2) is 0 Å². The number of hydrogen-bond donors (Lipinski definition) is 2. The first-order valence-electron chi connectivity index (χ1n) is 4.95. The van der Waals surface area contributed by atoms with E-state index in [1.807, 2.05) is 0 Å². The lowest BCUT2D eigenvalue weighted by Crippen LogP contribution is -2.42. The smallest absolute Gasteiger partial charge is 0.233 e. The van der Waals surface area contributed by atoms with Crippen LogP contribution in [0.5, 0.6) is 0 Å². The number of amides is 1. The van der Waals surface area contributed by atoms with E-state index in [9.17, 15) is 4.79 Å². The molecule has 1 rings (SSSR count). The van der Waals surface area contributed by atoms with E-state index >= 15 is 0 Å². The number of nitrogens with zero attached hydrogens (tertiary/aromatic N) is 1. The van der Waals surface area contributed by atoms with Gasteiger partial charge in [-0.1, -0.05) is 0 Å². The van der Waals surface area contributed by atoms with Crippen LogP contribution in [0.2, 0.25) is 0 Å². The fraction of sp³-hybridized carbons (Fsp3) is 0.889. The highest BCUT2D eigenvalue weighted by atomic mass is 16.1. The number of carbonyl (C=O) groups is 1. The molecule has 0 bridgehead atoms. The fourth-order valence-electron chi connectivity index (χ4n) is 1.65. The summed E-state index contributed by atoms with van der Waals surface area (Å²) >= 11 is 0. The van der Waals surface area contributed by atoms with E-state index in [2.05, 4.69) is 17.1 Å². The molecule has 1 unspecified atom stereocenters. The minimum Gasteiger partial charge on any atom is -0.353 e. The van der Waals surface area contributed by atoms with Crippen LogP contribution in [0.1, 0.15) is 19.8 Å². The summed E-state index contributed by atoms with van der Waals surface area (Å²) in [6.45, 7) is 5.28. The lowest BCUT2D eigenvalue weighted by Gasteiger charge is -2.23. The van der Waals surface area contributed by atoms with Gasteiger partial charge in [-0.05, 0) is 32.9 Å². The van der Waals surface area contributed by atoms with Crippen molar-refractivity contribution < 1.29 is 4.79 Å². The Bertz CT molecular complexity index is 166. The second-order valence-corrected chi connectivity index (χ2v) is 3.60. The predicted molar refractivity (Wildman–Crippen MR) is 52.3 cm³/mol. The van der Waals surface area contributed by atoms with Crippen molar-refractivity contribution in [1.82, 2.24) is 10.2 Å². The Morgan fingerprint density at radius 1 is 1.54 bits per heavy atom. The average Bonchev–Trinajstić information content (AvgIpc) is 2.66. The Kier molecular flexibility index (Phi) is 4.18. The molecule has 1 fully saturated rings. The molecule has 76 valence electrons. The van der Waals surface area contributed by atoms with Gasteiger partial charge in [-0.3, -0.25) is 9.69 Å². The molecule has 4 nitrogen and oxygen atoms in total. The van der Waals surface area contributed by atoms with Crippen LogP contribution in [-0.4, -0.2) is 43.0 Å². The van der Waals surface area contributed by atoms with Crippen molar-refractivity contribution in [2.75, 3.05) is 26.2 Å². The van der Waals surface area contributed by atoms with Gasteiger partial charge in [0.15, 0.2) is 0 Å². The molecule has 0 aromatic carbocycles. The lowest BCUT2D eigenvalue weighted by molar-refractivity contribution is -0.119. The maximum atomic E-state index is 10.9. The van der Waals surface area contributed by atoms with Gasteiger partial charge in [0.1, 0.15) is 0 Å². The van der Waals surface area contributed by atoms with Crippen LogP contribution in [0.25, 0.3) is 0 Å². The van der Waals surface area contributed by atoms with Gasteiger partial charge >= 0.3 is 0 Å². The highest BCUT2D eigenvalue weighted by Gasteiger charge is 2.17. The highest BCUT2D eigenvalue weighted by Crippen LogP contribution is 2.10. The summed E-state index contributed by atoms with van der Waals surface area (Å²) in [4.78, 5) is 13.3. The van der Waals surface area contributed by atoms with E-state index in [1.165, 1.54) is 25.9 Å². The van der Waals surface area contributed by atoms with Gasteiger partial charge in [-0.2, -0.15) is 0 Å². The molecule has 1 amide bonds. The van der Waals surface area contributed by atoms with Gasteiger partial charge in [0.05, 0.1) is 6.54 Å². The zero-order valence-electron chi connectivity index (χ0n) is 8.25. The lowest BCUT2D eigenvalue weighted by atomic mass is 10.3. The first kappa shape index (κ1) is 10.5. The second kappa shape index (κ2) is 5.19. The van der Waals surface area contributed by atoms with E-state index in [1.54, 1.807) is 0 Å². The van der Waals surface area contributed by atoms with Crippen LogP contribution < -0.4 is 11.1 Å². The number of nitrogens with one attached hydrogen (secondary N) is 1. The van der Waals surface area contributed by atoms with E-state index in [0.717, 1.165) is 6.54 Å². The van der Waals surface area contributed by atoms with Gasteiger partial charge in [-0.25, -0.2) is 0 Å². The van der Waals surface area contributed by atoms with Crippen molar-refractivity contribution in [3.8, 4) is 0 Å². The van der Waals surface area contributed by atoms with Gasteiger partial charge in [0, 0.05) is 12.6 Å². The minimum absolute atomic E-state index is 0.0638. The maximum Gasteiger partial charge on any atom is 0.233 e. The third-order valence-corrected chi connectivity index (χ3v) is 2.54. The van der Waals surface area contributed by atoms with Crippen LogP contribution in [-0.2, 0) is 4.79 Å². The molecule has 13 heavy (non-hydrogen) atoms. The van der Waals surface area contributed by atoms with Crippen molar-refractivity contribution >= 4 is 5.91 Å². The quantitative estimate of drug-likeness (QED) is 0.623. The Labute approximate surface area is 79.5 Å². The predicted octanol–water partition coefficient (Wildman–Crippen LogP) is -0.454. The van der Waals surface area contributed by atoms with Crippen molar-refractivity contribution in [2.24, 2.45) is 5.73 Å². The standard InChI is InChI=1S/C9H19N3O/c1-8(7-11-9(13)6-10)12-4-2-3-5-12/h8H,2-7,10H2,1H3,(H,11,13). The van der Waals surface area contributed by atoms with E-state index < -0.39 is 0 Å². The topological polar surface area (TPSA) is 58.4 Å². The molecule has 0 aliphatic carbocycles. The summed E-state index contributed by atoms with van der Waals surface area (Å²) < 4.78 is 0. The molecule has 1 heterocycles. The molecule has 1 saturated heterocycles. The minimum atomic E-state index is -0.0638. The first-order chi connectivity index (χ1) is 6.24. The SMILES string of the molecule is CC(CNC(=O)CN)N1CCCC1. The molecule has 0 spiro atoms. The zero-order valence-corrected chi connectivity index (χ0v) is 8.25. The van der Waals surface area contributed by atoms with Crippen molar-refractivity contribution in [3.05, 3.63) is 0 Å². The Morgan fingerprint density at radius 3 is 2.69 bits per heavy atom. The number of nitrogens with two attached hydrogens (primary N) is 1. The average molecular weight is 185 g/mol. The normalized spacial score (nSPS) is 20.2. The Morgan fingerprint density at radius 2 is 2.15 bits per heavy atom. The summed E-state index contributed by atoms with van der Waals surface area (Å²) in [7, 11) is 0. The molecule has 4 heteroatoms. The largest absolute Gasteiger partial charge is 0.353 e. The van der Waals surface area contributed by atoms with E-state index in [-0.39, 0.29) is 12.5 Å². The molecule has 0 aromatic rings. The van der Waals surface area contributed by atoms with Gasteiger partial charge < -0.3 is 11.1 Å². The molecule has 0 aromatic heterocycles. The molecule has 1 aliphatic rings. The third-order valence-electron chi connectivity index (χ3n) is 2.54. The monoisotopic (exact) mass is 185 g/mol.